The number of methoxy groups -OCH3 is 1. The number of aromatic nitrogens is 1. The number of hydrogen-bond acceptors (Lipinski definition) is 4. The molecule has 1 aromatic heterocycles. The van der Waals surface area contributed by atoms with Crippen LogP contribution < -0.4 is 5.32 Å². The van der Waals surface area contributed by atoms with Crippen LogP contribution in [0.3, 0.4) is 0 Å². The number of rotatable bonds is 7. The number of hydrogen-bond donors (Lipinski definition) is 1. The molecule has 0 aliphatic carbocycles. The van der Waals surface area contributed by atoms with Crippen LogP contribution in [0.1, 0.15) is 18.4 Å². The van der Waals surface area contributed by atoms with Gasteiger partial charge >= 0.3 is 6.03 Å². The van der Waals surface area contributed by atoms with Gasteiger partial charge in [0.2, 0.25) is 0 Å². The molecular formula is C15H23N3O3. The summed E-state index contributed by atoms with van der Waals surface area (Å²) in [4.78, 5) is 18.0. The molecule has 1 atom stereocenters. The smallest absolute Gasteiger partial charge is 0.317 e. The minimum absolute atomic E-state index is 0.0839. The van der Waals surface area contributed by atoms with Gasteiger partial charge in [0.05, 0.1) is 12.7 Å². The van der Waals surface area contributed by atoms with Gasteiger partial charge in [-0.25, -0.2) is 4.79 Å². The second-order valence-corrected chi connectivity index (χ2v) is 5.09. The van der Waals surface area contributed by atoms with E-state index in [0.29, 0.717) is 26.2 Å². The zero-order chi connectivity index (χ0) is 14.9. The maximum atomic E-state index is 12.3. The van der Waals surface area contributed by atoms with Crippen molar-refractivity contribution in [2.75, 3.05) is 33.4 Å². The Morgan fingerprint density at radius 3 is 3.00 bits per heavy atom. The molecule has 0 spiro atoms. The monoisotopic (exact) mass is 293 g/mol. The number of carbonyl (C=O) groups is 1. The quantitative estimate of drug-likeness (QED) is 0.826. The highest BCUT2D eigenvalue weighted by molar-refractivity contribution is 5.74. The Kier molecular flexibility index (Phi) is 6.43. The topological polar surface area (TPSA) is 63.7 Å². The van der Waals surface area contributed by atoms with Crippen LogP contribution in [0.15, 0.2) is 24.5 Å². The number of nitrogens with one attached hydrogen (secondary N) is 1. The number of ether oxygens (including phenoxy) is 2. The fourth-order valence-electron chi connectivity index (χ4n) is 2.28. The Balaban J connectivity index is 1.86. The van der Waals surface area contributed by atoms with E-state index in [0.717, 1.165) is 25.0 Å². The molecule has 2 heterocycles. The highest BCUT2D eigenvalue weighted by Gasteiger charge is 2.19. The fourth-order valence-corrected chi connectivity index (χ4v) is 2.28. The molecule has 1 aromatic rings. The van der Waals surface area contributed by atoms with Gasteiger partial charge in [-0.1, -0.05) is 0 Å². The van der Waals surface area contributed by atoms with E-state index in [1.54, 1.807) is 24.4 Å². The number of carbonyl (C=O) groups excluding carboxylic acids is 1. The Morgan fingerprint density at radius 2 is 2.33 bits per heavy atom. The molecular weight excluding hydrogens is 270 g/mol. The van der Waals surface area contributed by atoms with Crippen molar-refractivity contribution < 1.29 is 14.3 Å². The van der Waals surface area contributed by atoms with Crippen molar-refractivity contribution in [2.24, 2.45) is 0 Å². The molecule has 1 aliphatic rings. The number of pyridine rings is 1. The van der Waals surface area contributed by atoms with E-state index in [1.807, 2.05) is 12.1 Å². The summed E-state index contributed by atoms with van der Waals surface area (Å²) in [6, 6.07) is 3.74. The van der Waals surface area contributed by atoms with Gasteiger partial charge in [-0.2, -0.15) is 0 Å². The first kappa shape index (κ1) is 15.7. The van der Waals surface area contributed by atoms with Crippen molar-refractivity contribution in [3.63, 3.8) is 0 Å². The van der Waals surface area contributed by atoms with E-state index in [-0.39, 0.29) is 12.1 Å². The lowest BCUT2D eigenvalue weighted by atomic mass is 10.2. The minimum Gasteiger partial charge on any atom is -0.383 e. The molecule has 1 aliphatic heterocycles. The van der Waals surface area contributed by atoms with E-state index >= 15 is 0 Å². The summed E-state index contributed by atoms with van der Waals surface area (Å²) in [5.41, 5.74) is 1.05. The summed E-state index contributed by atoms with van der Waals surface area (Å²) in [5.74, 6) is 0. The SMILES string of the molecule is COCCN(Cc1ccncc1)C(=O)NC[C@@H]1CCCO1. The molecule has 0 radical (unpaired) electrons. The van der Waals surface area contributed by atoms with Gasteiger partial charge in [0, 0.05) is 45.7 Å². The van der Waals surface area contributed by atoms with Crippen molar-refractivity contribution in [3.8, 4) is 0 Å². The maximum Gasteiger partial charge on any atom is 0.317 e. The molecule has 1 N–H and O–H groups in total. The van der Waals surface area contributed by atoms with Crippen LogP contribution in [0.25, 0.3) is 0 Å². The first-order valence-corrected chi connectivity index (χ1v) is 7.32. The van der Waals surface area contributed by atoms with Gasteiger partial charge < -0.3 is 19.7 Å². The summed E-state index contributed by atoms with van der Waals surface area (Å²) in [6.45, 7) is 2.97. The van der Waals surface area contributed by atoms with Crippen molar-refractivity contribution >= 4 is 6.03 Å². The molecule has 1 fully saturated rings. The van der Waals surface area contributed by atoms with Crippen LogP contribution in [-0.4, -0.2) is 55.4 Å². The van der Waals surface area contributed by atoms with Gasteiger partial charge in [-0.05, 0) is 30.5 Å². The van der Waals surface area contributed by atoms with Gasteiger partial charge in [0.15, 0.2) is 0 Å². The standard InChI is InChI=1S/C15H23N3O3/c1-20-10-8-18(12-13-4-6-16-7-5-13)15(19)17-11-14-3-2-9-21-14/h4-7,14H,2-3,8-12H2,1H3,(H,17,19)/t14-/m0/s1. The lowest BCUT2D eigenvalue weighted by Crippen LogP contribution is -2.43. The van der Waals surface area contributed by atoms with Crippen LogP contribution in [0.4, 0.5) is 4.79 Å². The average molecular weight is 293 g/mol. The summed E-state index contributed by atoms with van der Waals surface area (Å²) >= 11 is 0. The predicted molar refractivity (Wildman–Crippen MR) is 78.9 cm³/mol. The molecule has 0 bridgehead atoms. The third kappa shape index (κ3) is 5.32. The van der Waals surface area contributed by atoms with Crippen molar-refractivity contribution in [3.05, 3.63) is 30.1 Å². The maximum absolute atomic E-state index is 12.3. The Hall–Kier alpha value is -1.66. The first-order valence-electron chi connectivity index (χ1n) is 7.32. The largest absolute Gasteiger partial charge is 0.383 e. The Labute approximate surface area is 125 Å². The number of urea groups is 1. The molecule has 6 nitrogen and oxygen atoms in total. The van der Waals surface area contributed by atoms with Crippen LogP contribution in [0.5, 0.6) is 0 Å². The Morgan fingerprint density at radius 1 is 1.52 bits per heavy atom. The second-order valence-electron chi connectivity index (χ2n) is 5.09. The zero-order valence-electron chi connectivity index (χ0n) is 12.5. The molecule has 0 unspecified atom stereocenters. The molecule has 2 rings (SSSR count). The van der Waals surface area contributed by atoms with Gasteiger partial charge in [0.25, 0.3) is 0 Å². The molecule has 6 heteroatoms. The predicted octanol–water partition coefficient (Wildman–Crippen LogP) is 1.42. The fraction of sp³-hybridized carbons (Fsp3) is 0.600. The zero-order valence-corrected chi connectivity index (χ0v) is 12.5. The van der Waals surface area contributed by atoms with Crippen molar-refractivity contribution in [1.82, 2.24) is 15.2 Å². The molecule has 0 saturated carbocycles. The van der Waals surface area contributed by atoms with Gasteiger partial charge in [-0.15, -0.1) is 0 Å². The minimum atomic E-state index is -0.0839. The second kappa shape index (κ2) is 8.59. The lowest BCUT2D eigenvalue weighted by molar-refractivity contribution is 0.106. The summed E-state index contributed by atoms with van der Waals surface area (Å²) in [5, 5.41) is 2.94. The van der Waals surface area contributed by atoms with E-state index < -0.39 is 0 Å². The average Bonchev–Trinajstić information content (AvgIpc) is 3.03. The third-order valence-electron chi connectivity index (χ3n) is 3.48. The van der Waals surface area contributed by atoms with Gasteiger partial charge in [0.1, 0.15) is 0 Å². The van der Waals surface area contributed by atoms with Crippen LogP contribution in [0, 0.1) is 0 Å². The van der Waals surface area contributed by atoms with Crippen molar-refractivity contribution in [2.45, 2.75) is 25.5 Å². The normalized spacial score (nSPS) is 17.7. The van der Waals surface area contributed by atoms with Crippen molar-refractivity contribution in [1.29, 1.82) is 0 Å². The highest BCUT2D eigenvalue weighted by Crippen LogP contribution is 2.11. The van der Waals surface area contributed by atoms with E-state index in [1.165, 1.54) is 0 Å². The molecule has 21 heavy (non-hydrogen) atoms. The lowest BCUT2D eigenvalue weighted by Gasteiger charge is -2.23. The molecule has 0 aromatic carbocycles. The third-order valence-corrected chi connectivity index (χ3v) is 3.48. The van der Waals surface area contributed by atoms with Gasteiger partial charge in [-0.3, -0.25) is 4.98 Å². The highest BCUT2D eigenvalue weighted by atomic mass is 16.5. The summed E-state index contributed by atoms with van der Waals surface area (Å²) in [7, 11) is 1.63. The number of nitrogens with zero attached hydrogens (tertiary/aromatic N) is 2. The van der Waals surface area contributed by atoms with Crippen LogP contribution in [-0.2, 0) is 16.0 Å². The van der Waals surface area contributed by atoms with E-state index in [4.69, 9.17) is 9.47 Å². The Bertz CT molecular complexity index is 421. The molecule has 2 amide bonds. The van der Waals surface area contributed by atoms with Crippen LogP contribution >= 0.6 is 0 Å². The molecule has 116 valence electrons. The van der Waals surface area contributed by atoms with Crippen LogP contribution in [0.2, 0.25) is 0 Å². The summed E-state index contributed by atoms with van der Waals surface area (Å²) < 4.78 is 10.6. The van der Waals surface area contributed by atoms with E-state index in [9.17, 15) is 4.79 Å². The first-order chi connectivity index (χ1) is 10.3. The number of amides is 2. The van der Waals surface area contributed by atoms with E-state index in [2.05, 4.69) is 10.3 Å². The molecule has 1 saturated heterocycles. The summed E-state index contributed by atoms with van der Waals surface area (Å²) in [6.07, 6.45) is 5.70.